The van der Waals surface area contributed by atoms with Crippen molar-refractivity contribution in [1.82, 2.24) is 10.3 Å². The van der Waals surface area contributed by atoms with Crippen LogP contribution in [0.5, 0.6) is 0 Å². The predicted molar refractivity (Wildman–Crippen MR) is 93.7 cm³/mol. The third-order valence-electron chi connectivity index (χ3n) is 3.32. The summed E-state index contributed by atoms with van der Waals surface area (Å²) in [5.74, 6) is 0. The number of hydrogen-bond acceptors (Lipinski definition) is 4. The van der Waals surface area contributed by atoms with E-state index in [0.717, 1.165) is 34.9 Å². The van der Waals surface area contributed by atoms with E-state index in [0.29, 0.717) is 0 Å². The number of nitrogens with zero attached hydrogens (tertiary/aromatic N) is 1. The zero-order chi connectivity index (χ0) is 14.7. The number of thiazole rings is 1. The first-order chi connectivity index (χ1) is 10.3. The summed E-state index contributed by atoms with van der Waals surface area (Å²) < 4.78 is 1.25. The Kier molecular flexibility index (Phi) is 4.91. The van der Waals surface area contributed by atoms with Crippen LogP contribution >= 0.6 is 34.3 Å². The van der Waals surface area contributed by atoms with Gasteiger partial charge in [0.05, 0.1) is 20.2 Å². The SMILES string of the molecule is CCCNC(Cc1nc2ccccc2s1)c1sccc1Cl. The average Bonchev–Trinajstić information content (AvgIpc) is 3.08. The van der Waals surface area contributed by atoms with E-state index in [4.69, 9.17) is 16.6 Å². The van der Waals surface area contributed by atoms with Crippen LogP contribution in [-0.4, -0.2) is 11.5 Å². The molecule has 0 aliphatic carbocycles. The molecular weight excluding hydrogens is 320 g/mol. The Labute approximate surface area is 137 Å². The molecule has 5 heteroatoms. The van der Waals surface area contributed by atoms with Crippen molar-refractivity contribution in [2.75, 3.05) is 6.54 Å². The van der Waals surface area contributed by atoms with Crippen LogP contribution < -0.4 is 5.32 Å². The molecule has 2 heterocycles. The number of hydrogen-bond donors (Lipinski definition) is 1. The number of aromatic nitrogens is 1. The van der Waals surface area contributed by atoms with Crippen LogP contribution in [0.2, 0.25) is 5.02 Å². The average molecular weight is 337 g/mol. The van der Waals surface area contributed by atoms with Crippen molar-refractivity contribution >= 4 is 44.5 Å². The molecule has 0 amide bonds. The zero-order valence-corrected chi connectivity index (χ0v) is 14.2. The van der Waals surface area contributed by atoms with Gasteiger partial charge in [-0.15, -0.1) is 22.7 Å². The quantitative estimate of drug-likeness (QED) is 0.661. The number of halogens is 1. The number of thiophene rings is 1. The number of para-hydroxylation sites is 1. The lowest BCUT2D eigenvalue weighted by molar-refractivity contribution is 0.536. The molecule has 0 radical (unpaired) electrons. The van der Waals surface area contributed by atoms with Gasteiger partial charge >= 0.3 is 0 Å². The third-order valence-corrected chi connectivity index (χ3v) is 5.85. The maximum Gasteiger partial charge on any atom is 0.0957 e. The largest absolute Gasteiger partial charge is 0.309 e. The smallest absolute Gasteiger partial charge is 0.0957 e. The molecule has 1 atom stereocenters. The zero-order valence-electron chi connectivity index (χ0n) is 11.8. The summed E-state index contributed by atoms with van der Waals surface area (Å²) in [6.07, 6.45) is 2.00. The highest BCUT2D eigenvalue weighted by atomic mass is 35.5. The van der Waals surface area contributed by atoms with Gasteiger partial charge in [0.1, 0.15) is 0 Å². The van der Waals surface area contributed by atoms with Gasteiger partial charge in [0.2, 0.25) is 0 Å². The Hall–Kier alpha value is -0.940. The van der Waals surface area contributed by atoms with E-state index >= 15 is 0 Å². The molecule has 0 saturated carbocycles. The summed E-state index contributed by atoms with van der Waals surface area (Å²) in [6.45, 7) is 3.17. The van der Waals surface area contributed by atoms with Crippen molar-refractivity contribution < 1.29 is 0 Å². The molecule has 21 heavy (non-hydrogen) atoms. The van der Waals surface area contributed by atoms with Crippen molar-refractivity contribution in [3.05, 3.63) is 50.6 Å². The van der Waals surface area contributed by atoms with Gasteiger partial charge in [-0.3, -0.25) is 0 Å². The van der Waals surface area contributed by atoms with Crippen LogP contribution in [0.4, 0.5) is 0 Å². The van der Waals surface area contributed by atoms with E-state index < -0.39 is 0 Å². The molecule has 0 aliphatic rings. The normalized spacial score (nSPS) is 12.9. The highest BCUT2D eigenvalue weighted by Gasteiger charge is 2.18. The lowest BCUT2D eigenvalue weighted by Gasteiger charge is -2.16. The Bertz CT molecular complexity index is 687. The maximum atomic E-state index is 6.31. The van der Waals surface area contributed by atoms with E-state index in [2.05, 4.69) is 35.8 Å². The van der Waals surface area contributed by atoms with Crippen LogP contribution in [0.15, 0.2) is 35.7 Å². The summed E-state index contributed by atoms with van der Waals surface area (Å²) in [7, 11) is 0. The summed E-state index contributed by atoms with van der Waals surface area (Å²) in [6, 6.07) is 10.5. The minimum atomic E-state index is 0.248. The number of benzene rings is 1. The van der Waals surface area contributed by atoms with Gasteiger partial charge in [-0.05, 0) is 36.5 Å². The molecule has 0 spiro atoms. The minimum absolute atomic E-state index is 0.248. The number of nitrogens with one attached hydrogen (secondary N) is 1. The molecule has 0 fully saturated rings. The molecule has 0 aliphatic heterocycles. The van der Waals surface area contributed by atoms with E-state index in [1.807, 2.05) is 12.1 Å². The van der Waals surface area contributed by atoms with E-state index in [1.54, 1.807) is 22.7 Å². The first-order valence-corrected chi connectivity index (χ1v) is 9.16. The third kappa shape index (κ3) is 3.46. The van der Waals surface area contributed by atoms with Gasteiger partial charge in [-0.25, -0.2) is 4.98 Å². The lowest BCUT2D eigenvalue weighted by Crippen LogP contribution is -2.23. The van der Waals surface area contributed by atoms with Gasteiger partial charge in [-0.2, -0.15) is 0 Å². The topological polar surface area (TPSA) is 24.9 Å². The lowest BCUT2D eigenvalue weighted by atomic mass is 10.1. The van der Waals surface area contributed by atoms with Crippen molar-refractivity contribution in [3.8, 4) is 0 Å². The second-order valence-corrected chi connectivity index (χ2v) is 7.39. The standard InChI is InChI=1S/C16H17ClN2S2/c1-2-8-18-13(16-11(17)7-9-20-16)10-15-19-12-5-3-4-6-14(12)21-15/h3-7,9,13,18H,2,8,10H2,1H3. The van der Waals surface area contributed by atoms with Gasteiger partial charge < -0.3 is 5.32 Å². The molecule has 0 bridgehead atoms. The summed E-state index contributed by atoms with van der Waals surface area (Å²) in [4.78, 5) is 5.95. The summed E-state index contributed by atoms with van der Waals surface area (Å²) in [5, 5.41) is 7.67. The molecule has 110 valence electrons. The second kappa shape index (κ2) is 6.88. The molecule has 2 nitrogen and oxygen atoms in total. The van der Waals surface area contributed by atoms with Crippen molar-refractivity contribution in [1.29, 1.82) is 0 Å². The number of rotatable bonds is 6. The van der Waals surface area contributed by atoms with Gasteiger partial charge in [0, 0.05) is 17.3 Å². The van der Waals surface area contributed by atoms with Crippen LogP contribution in [0, 0.1) is 0 Å². The molecular formula is C16H17ClN2S2. The summed E-state index contributed by atoms with van der Waals surface area (Å²) in [5.41, 5.74) is 1.09. The monoisotopic (exact) mass is 336 g/mol. The highest BCUT2D eigenvalue weighted by molar-refractivity contribution is 7.18. The molecule has 0 saturated heterocycles. The second-order valence-electron chi connectivity index (χ2n) is 4.92. The Morgan fingerprint density at radius 1 is 1.29 bits per heavy atom. The summed E-state index contributed by atoms with van der Waals surface area (Å²) >= 11 is 9.80. The fourth-order valence-corrected chi connectivity index (χ4v) is 4.59. The van der Waals surface area contributed by atoms with Gasteiger partial charge in [0.25, 0.3) is 0 Å². The first kappa shape index (κ1) is 15.0. The van der Waals surface area contributed by atoms with Crippen LogP contribution in [0.1, 0.15) is 29.3 Å². The Balaban J connectivity index is 1.85. The molecule has 1 aromatic carbocycles. The van der Waals surface area contributed by atoms with Gasteiger partial charge in [0.15, 0.2) is 0 Å². The highest BCUT2D eigenvalue weighted by Crippen LogP contribution is 2.32. The van der Waals surface area contributed by atoms with E-state index in [9.17, 15) is 0 Å². The van der Waals surface area contributed by atoms with Crippen molar-refractivity contribution in [2.24, 2.45) is 0 Å². The fraction of sp³-hybridized carbons (Fsp3) is 0.312. The molecule has 3 aromatic rings. The Morgan fingerprint density at radius 3 is 2.86 bits per heavy atom. The molecule has 3 rings (SSSR count). The van der Waals surface area contributed by atoms with Crippen molar-refractivity contribution in [2.45, 2.75) is 25.8 Å². The van der Waals surface area contributed by atoms with Crippen molar-refractivity contribution in [3.63, 3.8) is 0 Å². The molecule has 2 aromatic heterocycles. The predicted octanol–water partition coefficient (Wildman–Crippen LogP) is 5.29. The molecule has 1 unspecified atom stereocenters. The van der Waals surface area contributed by atoms with Crippen LogP contribution in [0.3, 0.4) is 0 Å². The Morgan fingerprint density at radius 2 is 2.14 bits per heavy atom. The van der Waals surface area contributed by atoms with Gasteiger partial charge in [-0.1, -0.05) is 30.7 Å². The maximum absolute atomic E-state index is 6.31. The van der Waals surface area contributed by atoms with Crippen LogP contribution in [0.25, 0.3) is 10.2 Å². The van der Waals surface area contributed by atoms with E-state index in [-0.39, 0.29) is 6.04 Å². The number of fused-ring (bicyclic) bond motifs is 1. The van der Waals surface area contributed by atoms with E-state index in [1.165, 1.54) is 9.58 Å². The molecule has 1 N–H and O–H groups in total. The first-order valence-electron chi connectivity index (χ1n) is 7.08. The van der Waals surface area contributed by atoms with Crippen LogP contribution in [-0.2, 0) is 6.42 Å². The minimum Gasteiger partial charge on any atom is -0.309 e. The fourth-order valence-electron chi connectivity index (χ4n) is 2.31.